The van der Waals surface area contributed by atoms with Crippen LogP contribution in [-0.4, -0.2) is 25.1 Å². The summed E-state index contributed by atoms with van der Waals surface area (Å²) < 4.78 is 11.1. The molecule has 0 saturated heterocycles. The molecule has 2 aromatic rings. The molecule has 21 heavy (non-hydrogen) atoms. The number of nitrogens with zero attached hydrogens (tertiary/aromatic N) is 1. The van der Waals surface area contributed by atoms with E-state index in [1.165, 1.54) is 14.2 Å². The van der Waals surface area contributed by atoms with Gasteiger partial charge in [0.05, 0.1) is 24.9 Å². The summed E-state index contributed by atoms with van der Waals surface area (Å²) in [7, 11) is 3.02. The number of nitrogens with one attached hydrogen (secondary N) is 1. The van der Waals surface area contributed by atoms with Gasteiger partial charge in [-0.25, -0.2) is 4.98 Å². The molecule has 110 valence electrons. The summed E-state index contributed by atoms with van der Waals surface area (Å²) in [5.41, 5.74) is 0.702. The zero-order valence-electron chi connectivity index (χ0n) is 11.3. The van der Waals surface area contributed by atoms with Crippen LogP contribution in [0.4, 0.5) is 5.69 Å². The number of carbonyl (C=O) groups is 1. The number of hydrogen-bond acceptors (Lipinski definition) is 4. The first-order chi connectivity index (χ1) is 10.0. The predicted octanol–water partition coefficient (Wildman–Crippen LogP) is 3.77. The molecule has 0 fully saturated rings. The van der Waals surface area contributed by atoms with Crippen molar-refractivity contribution < 1.29 is 14.3 Å². The number of methoxy groups -OCH3 is 2. The van der Waals surface area contributed by atoms with E-state index in [-0.39, 0.29) is 11.6 Å². The predicted molar refractivity (Wildman–Crippen MR) is 84.4 cm³/mol. The maximum absolute atomic E-state index is 12.1. The third-order valence-electron chi connectivity index (χ3n) is 2.68. The number of pyridine rings is 1. The Labute approximate surface area is 135 Å². The van der Waals surface area contributed by atoms with Gasteiger partial charge in [0.25, 0.3) is 5.91 Å². The molecule has 1 aromatic heterocycles. The molecule has 0 aliphatic heterocycles. The fraction of sp³-hybridized carbons (Fsp3) is 0.143. The van der Waals surface area contributed by atoms with Crippen LogP contribution in [0.5, 0.6) is 11.5 Å². The molecule has 0 aliphatic carbocycles. The molecule has 1 N–H and O–H groups in total. The van der Waals surface area contributed by atoms with Gasteiger partial charge >= 0.3 is 0 Å². The summed E-state index contributed by atoms with van der Waals surface area (Å²) in [4.78, 5) is 16.1. The molecule has 1 aromatic carbocycles. The van der Waals surface area contributed by atoms with E-state index in [1.54, 1.807) is 30.5 Å². The van der Waals surface area contributed by atoms with Crippen LogP contribution in [0.15, 0.2) is 34.9 Å². The highest BCUT2D eigenvalue weighted by atomic mass is 79.9. The van der Waals surface area contributed by atoms with E-state index in [2.05, 4.69) is 26.2 Å². The molecule has 0 aliphatic rings. The first kappa shape index (κ1) is 15.6. The van der Waals surface area contributed by atoms with Gasteiger partial charge in [-0.05, 0) is 28.1 Å². The van der Waals surface area contributed by atoms with E-state index in [1.807, 2.05) is 0 Å². The van der Waals surface area contributed by atoms with Crippen molar-refractivity contribution in [2.24, 2.45) is 0 Å². The minimum absolute atomic E-state index is 0.282. The van der Waals surface area contributed by atoms with Crippen LogP contribution in [0.2, 0.25) is 5.02 Å². The van der Waals surface area contributed by atoms with Gasteiger partial charge in [0.2, 0.25) is 0 Å². The topological polar surface area (TPSA) is 60.5 Å². The molecule has 0 unspecified atom stereocenters. The highest BCUT2D eigenvalue weighted by molar-refractivity contribution is 9.10. The summed E-state index contributed by atoms with van der Waals surface area (Å²) >= 11 is 9.38. The molecular formula is C14H12BrClN2O3. The Hall–Kier alpha value is -1.79. The third kappa shape index (κ3) is 3.65. The van der Waals surface area contributed by atoms with Gasteiger partial charge in [-0.3, -0.25) is 4.79 Å². The van der Waals surface area contributed by atoms with Crippen LogP contribution in [-0.2, 0) is 0 Å². The molecule has 2 rings (SSSR count). The molecule has 0 atom stereocenters. The van der Waals surface area contributed by atoms with Gasteiger partial charge in [0, 0.05) is 22.8 Å². The van der Waals surface area contributed by atoms with Gasteiger partial charge in [-0.15, -0.1) is 0 Å². The normalized spacial score (nSPS) is 10.1. The monoisotopic (exact) mass is 370 g/mol. The van der Waals surface area contributed by atoms with E-state index in [4.69, 9.17) is 21.1 Å². The molecule has 7 heteroatoms. The van der Waals surface area contributed by atoms with Crippen molar-refractivity contribution in [1.29, 1.82) is 0 Å². The lowest BCUT2D eigenvalue weighted by Gasteiger charge is -2.12. The second-order valence-corrected chi connectivity index (χ2v) is 5.33. The van der Waals surface area contributed by atoms with Crippen molar-refractivity contribution in [2.45, 2.75) is 0 Å². The van der Waals surface area contributed by atoms with E-state index < -0.39 is 0 Å². The number of anilines is 1. The average molecular weight is 372 g/mol. The number of rotatable bonds is 4. The highest BCUT2D eigenvalue weighted by Crippen LogP contribution is 2.36. The quantitative estimate of drug-likeness (QED) is 0.889. The lowest BCUT2D eigenvalue weighted by atomic mass is 10.2. The van der Waals surface area contributed by atoms with Crippen LogP contribution < -0.4 is 14.8 Å². The number of benzene rings is 1. The number of amides is 1. The lowest BCUT2D eigenvalue weighted by molar-refractivity contribution is 0.102. The van der Waals surface area contributed by atoms with Crippen LogP contribution in [0.1, 0.15) is 10.5 Å². The zero-order valence-corrected chi connectivity index (χ0v) is 13.7. The first-order valence-electron chi connectivity index (χ1n) is 5.89. The zero-order chi connectivity index (χ0) is 15.4. The minimum Gasteiger partial charge on any atom is -0.493 e. The van der Waals surface area contributed by atoms with Crippen LogP contribution >= 0.6 is 27.5 Å². The summed E-state index contributed by atoms with van der Waals surface area (Å²) in [5.74, 6) is 0.597. The van der Waals surface area contributed by atoms with Gasteiger partial charge in [0.15, 0.2) is 11.5 Å². The fourth-order valence-corrected chi connectivity index (χ4v) is 2.08. The molecule has 0 bridgehead atoms. The molecular weight excluding hydrogens is 360 g/mol. The Bertz CT molecular complexity index is 662. The van der Waals surface area contributed by atoms with Gasteiger partial charge in [-0.2, -0.15) is 0 Å². The molecule has 0 saturated carbocycles. The smallest absolute Gasteiger partial charge is 0.274 e. The summed E-state index contributed by atoms with van der Waals surface area (Å²) in [5, 5.41) is 3.03. The molecule has 5 nitrogen and oxygen atoms in total. The van der Waals surface area contributed by atoms with Gasteiger partial charge in [-0.1, -0.05) is 11.6 Å². The Balaban J connectivity index is 2.26. The lowest BCUT2D eigenvalue weighted by Crippen LogP contribution is -2.14. The highest BCUT2D eigenvalue weighted by Gasteiger charge is 2.14. The number of aromatic nitrogens is 1. The molecule has 1 heterocycles. The van der Waals surface area contributed by atoms with Gasteiger partial charge in [0.1, 0.15) is 5.69 Å². The van der Waals surface area contributed by atoms with Crippen molar-refractivity contribution >= 4 is 39.1 Å². The molecule has 1 amide bonds. The van der Waals surface area contributed by atoms with Crippen molar-refractivity contribution in [1.82, 2.24) is 4.98 Å². The van der Waals surface area contributed by atoms with E-state index >= 15 is 0 Å². The minimum atomic E-state index is -0.364. The number of halogens is 2. The SMILES string of the molecule is COc1cc(Cl)c(NC(=O)c2ccc(Br)cn2)cc1OC. The van der Waals surface area contributed by atoms with Crippen molar-refractivity contribution in [3.63, 3.8) is 0 Å². The van der Waals surface area contributed by atoms with E-state index in [9.17, 15) is 4.79 Å². The molecule has 0 radical (unpaired) electrons. The first-order valence-corrected chi connectivity index (χ1v) is 7.06. The van der Waals surface area contributed by atoms with Crippen molar-refractivity contribution in [3.8, 4) is 11.5 Å². The van der Waals surface area contributed by atoms with Crippen molar-refractivity contribution in [3.05, 3.63) is 45.7 Å². The average Bonchev–Trinajstić information content (AvgIpc) is 2.49. The summed E-state index contributed by atoms with van der Waals surface area (Å²) in [6.07, 6.45) is 1.55. The Kier molecular flexibility index (Phi) is 5.03. The Morgan fingerprint density at radius 2 is 1.90 bits per heavy atom. The number of hydrogen-bond donors (Lipinski definition) is 1. The van der Waals surface area contributed by atoms with Crippen LogP contribution in [0, 0.1) is 0 Å². The number of ether oxygens (including phenoxy) is 2. The van der Waals surface area contributed by atoms with Crippen LogP contribution in [0.3, 0.4) is 0 Å². The maximum atomic E-state index is 12.1. The Morgan fingerprint density at radius 1 is 1.24 bits per heavy atom. The molecule has 0 spiro atoms. The second kappa shape index (κ2) is 6.78. The maximum Gasteiger partial charge on any atom is 0.274 e. The number of carbonyl (C=O) groups excluding carboxylic acids is 1. The second-order valence-electron chi connectivity index (χ2n) is 4.00. The fourth-order valence-electron chi connectivity index (χ4n) is 1.65. The third-order valence-corrected chi connectivity index (χ3v) is 3.46. The Morgan fingerprint density at radius 3 is 2.48 bits per heavy atom. The van der Waals surface area contributed by atoms with E-state index in [0.29, 0.717) is 22.2 Å². The summed E-state index contributed by atoms with van der Waals surface area (Å²) in [6, 6.07) is 6.51. The van der Waals surface area contributed by atoms with Crippen LogP contribution in [0.25, 0.3) is 0 Å². The largest absolute Gasteiger partial charge is 0.493 e. The van der Waals surface area contributed by atoms with E-state index in [0.717, 1.165) is 4.47 Å². The summed E-state index contributed by atoms with van der Waals surface area (Å²) in [6.45, 7) is 0. The van der Waals surface area contributed by atoms with Gasteiger partial charge < -0.3 is 14.8 Å². The van der Waals surface area contributed by atoms with Crippen molar-refractivity contribution in [2.75, 3.05) is 19.5 Å². The standard InChI is InChI=1S/C14H12BrClN2O3/c1-20-12-5-9(16)11(6-13(12)21-2)18-14(19)10-4-3-8(15)7-17-10/h3-7H,1-2H3,(H,18,19).